The third-order valence-corrected chi connectivity index (χ3v) is 4.47. The van der Waals surface area contributed by atoms with E-state index in [1.165, 1.54) is 24.5 Å². The molecule has 0 saturated carbocycles. The molecule has 0 aliphatic carbocycles. The smallest absolute Gasteiger partial charge is 0.250 e. The van der Waals surface area contributed by atoms with Crippen molar-refractivity contribution in [3.8, 4) is 0 Å². The molecule has 1 N–H and O–H groups in total. The van der Waals surface area contributed by atoms with Crippen molar-refractivity contribution >= 4 is 5.91 Å². The van der Waals surface area contributed by atoms with Crippen molar-refractivity contribution in [2.45, 2.75) is 31.8 Å². The van der Waals surface area contributed by atoms with Gasteiger partial charge in [0.2, 0.25) is 5.91 Å². The zero-order chi connectivity index (χ0) is 18.4. The van der Waals surface area contributed by atoms with Crippen LogP contribution in [0.2, 0.25) is 0 Å². The molecular weight excluding hydrogens is 337 g/mol. The van der Waals surface area contributed by atoms with E-state index in [2.05, 4.69) is 9.97 Å². The van der Waals surface area contributed by atoms with Crippen LogP contribution in [0.15, 0.2) is 41.5 Å². The van der Waals surface area contributed by atoms with Gasteiger partial charge in [0.05, 0.1) is 19.0 Å². The van der Waals surface area contributed by atoms with Gasteiger partial charge in [-0.15, -0.1) is 0 Å². The largest absolute Gasteiger partial charge is 0.375 e. The number of nitrogens with one attached hydrogen (secondary N) is 1. The normalized spacial score (nSPS) is 17.3. The van der Waals surface area contributed by atoms with E-state index in [0.29, 0.717) is 51.1 Å². The molecule has 2 heterocycles. The molecule has 2 aromatic rings. The van der Waals surface area contributed by atoms with Gasteiger partial charge in [-0.25, -0.2) is 9.37 Å². The van der Waals surface area contributed by atoms with Crippen LogP contribution in [0.3, 0.4) is 0 Å². The highest BCUT2D eigenvalue weighted by atomic mass is 19.1. The number of H-pyrrole nitrogens is 1. The molecule has 7 heteroatoms. The van der Waals surface area contributed by atoms with Crippen LogP contribution in [0, 0.1) is 5.82 Å². The first-order valence-electron chi connectivity index (χ1n) is 8.77. The van der Waals surface area contributed by atoms with E-state index in [1.54, 1.807) is 11.0 Å². The first-order chi connectivity index (χ1) is 12.6. The number of morpholine rings is 1. The van der Waals surface area contributed by atoms with Crippen LogP contribution in [-0.2, 0) is 22.4 Å². The highest BCUT2D eigenvalue weighted by Gasteiger charge is 2.24. The van der Waals surface area contributed by atoms with E-state index in [1.807, 2.05) is 6.07 Å². The second-order valence-corrected chi connectivity index (χ2v) is 6.40. The van der Waals surface area contributed by atoms with Crippen LogP contribution in [0.25, 0.3) is 0 Å². The average Bonchev–Trinajstić information content (AvgIpc) is 2.65. The molecule has 1 aliphatic rings. The van der Waals surface area contributed by atoms with Gasteiger partial charge < -0.3 is 14.6 Å². The minimum absolute atomic E-state index is 0.0526. The molecule has 1 aromatic heterocycles. The summed E-state index contributed by atoms with van der Waals surface area (Å²) in [5.74, 6) is -0.230. The van der Waals surface area contributed by atoms with Gasteiger partial charge in [-0.1, -0.05) is 12.1 Å². The van der Waals surface area contributed by atoms with Crippen LogP contribution < -0.4 is 5.56 Å². The number of aromatic nitrogens is 2. The summed E-state index contributed by atoms with van der Waals surface area (Å²) in [5.41, 5.74) is 1.36. The van der Waals surface area contributed by atoms with E-state index >= 15 is 0 Å². The molecule has 1 saturated heterocycles. The van der Waals surface area contributed by atoms with E-state index in [4.69, 9.17) is 4.74 Å². The maximum Gasteiger partial charge on any atom is 0.250 e. The Hall–Kier alpha value is -2.54. The van der Waals surface area contributed by atoms with Crippen LogP contribution in [0.1, 0.15) is 24.1 Å². The Bertz CT molecular complexity index is 808. The zero-order valence-corrected chi connectivity index (χ0v) is 14.5. The molecule has 1 aliphatic heterocycles. The number of aromatic amines is 1. The fraction of sp³-hybridized carbons (Fsp3) is 0.421. The maximum atomic E-state index is 13.2. The number of rotatable bonds is 6. The van der Waals surface area contributed by atoms with Crippen LogP contribution >= 0.6 is 0 Å². The lowest BCUT2D eigenvalue weighted by atomic mass is 10.1. The topological polar surface area (TPSA) is 75.3 Å². The van der Waals surface area contributed by atoms with E-state index in [-0.39, 0.29) is 23.4 Å². The molecular formula is C19H22FN3O3. The van der Waals surface area contributed by atoms with Crippen molar-refractivity contribution in [1.82, 2.24) is 14.9 Å². The third-order valence-electron chi connectivity index (χ3n) is 4.47. The van der Waals surface area contributed by atoms with E-state index in [0.717, 1.165) is 5.56 Å². The number of carbonyl (C=O) groups excluding carboxylic acids is 1. The molecule has 0 radical (unpaired) electrons. The van der Waals surface area contributed by atoms with Crippen molar-refractivity contribution in [2.75, 3.05) is 19.7 Å². The highest BCUT2D eigenvalue weighted by molar-refractivity contribution is 5.76. The summed E-state index contributed by atoms with van der Waals surface area (Å²) in [7, 11) is 0. The summed E-state index contributed by atoms with van der Waals surface area (Å²) in [6.07, 6.45) is 3.52. The monoisotopic (exact) mass is 359 g/mol. The van der Waals surface area contributed by atoms with Crippen LogP contribution in [0.4, 0.5) is 4.39 Å². The van der Waals surface area contributed by atoms with Crippen molar-refractivity contribution in [3.05, 3.63) is 64.1 Å². The molecule has 3 rings (SSSR count). The maximum absolute atomic E-state index is 13.2. The van der Waals surface area contributed by atoms with Gasteiger partial charge in [0.25, 0.3) is 5.56 Å². The lowest BCUT2D eigenvalue weighted by Crippen LogP contribution is -2.45. The Morgan fingerprint density at radius 1 is 1.35 bits per heavy atom. The molecule has 26 heavy (non-hydrogen) atoms. The number of amides is 1. The molecule has 1 aromatic carbocycles. The third kappa shape index (κ3) is 5.23. The van der Waals surface area contributed by atoms with Crippen LogP contribution in [-0.4, -0.2) is 46.6 Å². The highest BCUT2D eigenvalue weighted by Crippen LogP contribution is 2.14. The second-order valence-electron chi connectivity index (χ2n) is 6.40. The summed E-state index contributed by atoms with van der Waals surface area (Å²) >= 11 is 0. The number of benzene rings is 1. The molecule has 1 fully saturated rings. The quantitative estimate of drug-likeness (QED) is 0.852. The van der Waals surface area contributed by atoms with Gasteiger partial charge in [-0.3, -0.25) is 9.59 Å². The van der Waals surface area contributed by atoms with Crippen molar-refractivity contribution in [2.24, 2.45) is 0 Å². The van der Waals surface area contributed by atoms with Crippen LogP contribution in [0.5, 0.6) is 0 Å². The van der Waals surface area contributed by atoms with Crippen molar-refractivity contribution < 1.29 is 13.9 Å². The van der Waals surface area contributed by atoms with Crippen molar-refractivity contribution in [1.29, 1.82) is 0 Å². The molecule has 0 bridgehead atoms. The SMILES string of the molecule is O=C(CCc1cccc(F)c1)N1CCOC(CCc2cc(=O)[nH]cn2)C1. The van der Waals surface area contributed by atoms with Gasteiger partial charge in [-0.05, 0) is 37.0 Å². The number of hydrogen-bond donors (Lipinski definition) is 1. The van der Waals surface area contributed by atoms with Crippen molar-refractivity contribution in [3.63, 3.8) is 0 Å². The Kier molecular flexibility index (Phi) is 6.12. The lowest BCUT2D eigenvalue weighted by molar-refractivity contribution is -0.138. The molecule has 0 spiro atoms. The fourth-order valence-corrected chi connectivity index (χ4v) is 3.08. The molecule has 1 atom stereocenters. The summed E-state index contributed by atoms with van der Waals surface area (Å²) in [6, 6.07) is 7.82. The Balaban J connectivity index is 1.47. The molecule has 6 nitrogen and oxygen atoms in total. The van der Waals surface area contributed by atoms with Gasteiger partial charge >= 0.3 is 0 Å². The minimum Gasteiger partial charge on any atom is -0.375 e. The first-order valence-corrected chi connectivity index (χ1v) is 8.77. The minimum atomic E-state index is -0.283. The first kappa shape index (κ1) is 18.3. The Labute approximate surface area is 151 Å². The number of hydrogen-bond acceptors (Lipinski definition) is 4. The average molecular weight is 359 g/mol. The van der Waals surface area contributed by atoms with Gasteiger partial charge in [0.15, 0.2) is 0 Å². The molecule has 1 unspecified atom stereocenters. The predicted octanol–water partition coefficient (Wildman–Crippen LogP) is 1.70. The number of ether oxygens (including phenoxy) is 1. The summed E-state index contributed by atoms with van der Waals surface area (Å²) < 4.78 is 18.9. The second kappa shape index (κ2) is 8.71. The Morgan fingerprint density at radius 2 is 2.23 bits per heavy atom. The van der Waals surface area contributed by atoms with E-state index in [9.17, 15) is 14.0 Å². The summed E-state index contributed by atoms with van der Waals surface area (Å²) in [6.45, 7) is 1.60. The number of aryl methyl sites for hydroxylation is 2. The zero-order valence-electron chi connectivity index (χ0n) is 14.5. The number of halogens is 1. The predicted molar refractivity (Wildman–Crippen MR) is 94.2 cm³/mol. The summed E-state index contributed by atoms with van der Waals surface area (Å²) in [5, 5.41) is 0. The standard InChI is InChI=1S/C19H22FN3O3/c20-15-3-1-2-14(10-15)4-7-19(25)23-8-9-26-17(12-23)6-5-16-11-18(24)22-13-21-16/h1-3,10-11,13,17H,4-9,12H2,(H,21,22,24). The number of carbonyl (C=O) groups is 1. The van der Waals surface area contributed by atoms with E-state index < -0.39 is 0 Å². The summed E-state index contributed by atoms with van der Waals surface area (Å²) in [4.78, 5) is 32.1. The van der Waals surface area contributed by atoms with Gasteiger partial charge in [0, 0.05) is 31.3 Å². The number of nitrogens with zero attached hydrogens (tertiary/aromatic N) is 2. The Morgan fingerprint density at radius 3 is 3.04 bits per heavy atom. The lowest BCUT2D eigenvalue weighted by Gasteiger charge is -2.33. The van der Waals surface area contributed by atoms with Gasteiger partial charge in [0.1, 0.15) is 5.82 Å². The van der Waals surface area contributed by atoms with Gasteiger partial charge in [-0.2, -0.15) is 0 Å². The fourth-order valence-electron chi connectivity index (χ4n) is 3.08. The molecule has 1 amide bonds. The molecule has 138 valence electrons.